The molecule has 0 fully saturated rings. The summed E-state index contributed by atoms with van der Waals surface area (Å²) >= 11 is 0. The van der Waals surface area contributed by atoms with Crippen molar-refractivity contribution in [3.8, 4) is 0 Å². The molecule has 0 spiro atoms. The van der Waals surface area contributed by atoms with E-state index in [9.17, 15) is 0 Å². The van der Waals surface area contributed by atoms with E-state index < -0.39 is 8.80 Å². The van der Waals surface area contributed by atoms with E-state index in [1.165, 1.54) is 0 Å². The Hall–Kier alpha value is 0.0569. The Bertz CT molecular complexity index is 164. The molecule has 0 aromatic carbocycles. The van der Waals surface area contributed by atoms with Gasteiger partial charge in [0.1, 0.15) is 0 Å². The summed E-state index contributed by atoms with van der Waals surface area (Å²) in [4.78, 5) is 0. The van der Waals surface area contributed by atoms with E-state index in [4.69, 9.17) is 19.0 Å². The van der Waals surface area contributed by atoms with Gasteiger partial charge in [-0.2, -0.15) is 0 Å². The average Bonchev–Trinajstić information content (AvgIpc) is 2.28. The second kappa shape index (κ2) is 10.0. The first-order valence-electron chi connectivity index (χ1n) is 6.81. The highest BCUT2D eigenvalue weighted by molar-refractivity contribution is 6.60. The fraction of sp³-hybridized carbons (Fsp3) is 1.00. The van der Waals surface area contributed by atoms with Gasteiger partial charge in [0.2, 0.25) is 0 Å². The highest BCUT2D eigenvalue weighted by atomic mass is 28.4. The van der Waals surface area contributed by atoms with Gasteiger partial charge in [-0.1, -0.05) is 13.3 Å². The van der Waals surface area contributed by atoms with E-state index in [0.29, 0.717) is 19.8 Å². The minimum atomic E-state index is -2.47. The second-order valence-corrected chi connectivity index (χ2v) is 6.80. The quantitative estimate of drug-likeness (QED) is 0.582. The maximum absolute atomic E-state index is 6.04. The van der Waals surface area contributed by atoms with Gasteiger partial charge in [0.15, 0.2) is 0 Å². The molecule has 1 unspecified atom stereocenters. The molecule has 4 nitrogen and oxygen atoms in total. The van der Waals surface area contributed by atoms with Crippen LogP contribution in [0.4, 0.5) is 0 Å². The summed E-state index contributed by atoms with van der Waals surface area (Å²) in [6.07, 6.45) is 3.09. The van der Waals surface area contributed by atoms with Gasteiger partial charge in [-0.3, -0.25) is 0 Å². The van der Waals surface area contributed by atoms with Gasteiger partial charge < -0.3 is 19.0 Å². The van der Waals surface area contributed by atoms with E-state index >= 15 is 0 Å². The van der Waals surface area contributed by atoms with Crippen molar-refractivity contribution >= 4 is 8.80 Å². The Morgan fingerprint density at radius 1 is 0.882 bits per heavy atom. The number of hydrogen-bond acceptors (Lipinski definition) is 4. The largest absolute Gasteiger partial charge is 0.500 e. The van der Waals surface area contributed by atoms with Crippen LogP contribution in [-0.2, 0) is 13.3 Å². The predicted molar refractivity (Wildman–Crippen MR) is 72.9 cm³/mol. The third kappa shape index (κ3) is 7.16. The van der Waals surface area contributed by atoms with E-state index in [1.807, 2.05) is 20.8 Å². The van der Waals surface area contributed by atoms with E-state index in [0.717, 1.165) is 25.3 Å². The Labute approximate surface area is 107 Å². The molecule has 0 aliphatic carbocycles. The van der Waals surface area contributed by atoms with Crippen LogP contribution in [0, 0.1) is 0 Å². The first-order valence-corrected chi connectivity index (χ1v) is 8.74. The molecule has 0 amide bonds. The zero-order valence-corrected chi connectivity index (χ0v) is 12.8. The number of rotatable bonds is 11. The van der Waals surface area contributed by atoms with Crippen molar-refractivity contribution in [3.05, 3.63) is 0 Å². The zero-order valence-electron chi connectivity index (χ0n) is 11.8. The standard InChI is InChI=1S/C12H29NO3Si/c1-5-9-12(13)10-11-17(14-6-2,15-7-3)16-8-4/h12H,5-11,13H2,1-4H3. The number of nitrogens with two attached hydrogens (primary N) is 1. The molecular formula is C12H29NO3Si. The molecule has 0 aromatic heterocycles. The van der Waals surface area contributed by atoms with Crippen LogP contribution in [-0.4, -0.2) is 34.7 Å². The molecular weight excluding hydrogens is 234 g/mol. The van der Waals surface area contributed by atoms with Gasteiger partial charge >= 0.3 is 8.80 Å². The van der Waals surface area contributed by atoms with Crippen LogP contribution in [0.3, 0.4) is 0 Å². The fourth-order valence-corrected chi connectivity index (χ4v) is 4.61. The van der Waals surface area contributed by atoms with Crippen molar-refractivity contribution in [2.24, 2.45) is 5.73 Å². The van der Waals surface area contributed by atoms with Gasteiger partial charge in [-0.25, -0.2) is 0 Å². The zero-order chi connectivity index (χ0) is 13.1. The SMILES string of the molecule is CCCC(N)CC[Si](OCC)(OCC)OCC. The topological polar surface area (TPSA) is 53.7 Å². The van der Waals surface area contributed by atoms with Crippen LogP contribution in [0.15, 0.2) is 0 Å². The number of hydrogen-bond donors (Lipinski definition) is 1. The summed E-state index contributed by atoms with van der Waals surface area (Å²) in [5.41, 5.74) is 6.04. The molecule has 0 aliphatic rings. The maximum atomic E-state index is 6.04. The summed E-state index contributed by atoms with van der Waals surface area (Å²) in [5, 5.41) is 0. The van der Waals surface area contributed by atoms with Gasteiger partial charge in [-0.15, -0.1) is 0 Å². The molecule has 0 saturated heterocycles. The maximum Gasteiger partial charge on any atom is 0.500 e. The lowest BCUT2D eigenvalue weighted by Gasteiger charge is -2.29. The van der Waals surface area contributed by atoms with E-state index in [2.05, 4.69) is 6.92 Å². The summed E-state index contributed by atoms with van der Waals surface area (Å²) in [7, 11) is -2.47. The lowest BCUT2D eigenvalue weighted by atomic mass is 10.1. The molecule has 0 bridgehead atoms. The summed E-state index contributed by atoms with van der Waals surface area (Å²) in [6, 6.07) is 1.05. The van der Waals surface area contributed by atoms with Crippen LogP contribution >= 0.6 is 0 Å². The van der Waals surface area contributed by atoms with Crippen molar-refractivity contribution < 1.29 is 13.3 Å². The Morgan fingerprint density at radius 2 is 1.35 bits per heavy atom. The first kappa shape index (κ1) is 17.1. The molecule has 1 atom stereocenters. The molecule has 0 radical (unpaired) electrons. The lowest BCUT2D eigenvalue weighted by molar-refractivity contribution is 0.0702. The minimum Gasteiger partial charge on any atom is -0.374 e. The van der Waals surface area contributed by atoms with Gasteiger partial charge in [-0.05, 0) is 33.6 Å². The molecule has 0 saturated carbocycles. The molecule has 2 N–H and O–H groups in total. The first-order chi connectivity index (χ1) is 8.14. The molecule has 0 rings (SSSR count). The summed E-state index contributed by atoms with van der Waals surface area (Å²) in [6.45, 7) is 9.99. The second-order valence-electron chi connectivity index (χ2n) is 4.07. The van der Waals surface area contributed by atoms with Crippen LogP contribution in [0.5, 0.6) is 0 Å². The van der Waals surface area contributed by atoms with Crippen molar-refractivity contribution in [3.63, 3.8) is 0 Å². The normalized spacial score (nSPS) is 13.9. The van der Waals surface area contributed by atoms with Crippen molar-refractivity contribution in [2.45, 2.75) is 59.0 Å². The van der Waals surface area contributed by atoms with E-state index in [1.54, 1.807) is 0 Å². The predicted octanol–water partition coefficient (Wildman–Crippen LogP) is 2.55. The highest BCUT2D eigenvalue weighted by Crippen LogP contribution is 2.19. The minimum absolute atomic E-state index is 0.230. The molecule has 0 aromatic rings. The van der Waals surface area contributed by atoms with Crippen molar-refractivity contribution in [2.75, 3.05) is 19.8 Å². The van der Waals surface area contributed by atoms with Crippen LogP contribution in [0.1, 0.15) is 47.0 Å². The van der Waals surface area contributed by atoms with Crippen LogP contribution in [0.2, 0.25) is 6.04 Å². The van der Waals surface area contributed by atoms with Crippen molar-refractivity contribution in [1.82, 2.24) is 0 Å². The molecule has 17 heavy (non-hydrogen) atoms. The van der Waals surface area contributed by atoms with E-state index in [-0.39, 0.29) is 6.04 Å². The Morgan fingerprint density at radius 3 is 1.71 bits per heavy atom. The average molecular weight is 263 g/mol. The monoisotopic (exact) mass is 263 g/mol. The molecule has 0 heterocycles. The van der Waals surface area contributed by atoms with Gasteiger partial charge in [0, 0.05) is 31.9 Å². The molecule has 0 aliphatic heterocycles. The molecule has 5 heteroatoms. The third-order valence-electron chi connectivity index (χ3n) is 2.57. The van der Waals surface area contributed by atoms with Crippen molar-refractivity contribution in [1.29, 1.82) is 0 Å². The Balaban J connectivity index is 4.32. The third-order valence-corrected chi connectivity index (χ3v) is 5.66. The van der Waals surface area contributed by atoms with Crippen LogP contribution < -0.4 is 5.73 Å². The highest BCUT2D eigenvalue weighted by Gasteiger charge is 2.40. The lowest BCUT2D eigenvalue weighted by Crippen LogP contribution is -2.46. The van der Waals surface area contributed by atoms with Crippen LogP contribution in [0.25, 0.3) is 0 Å². The fourth-order valence-electron chi connectivity index (χ4n) is 1.88. The smallest absolute Gasteiger partial charge is 0.374 e. The summed E-state index contributed by atoms with van der Waals surface area (Å²) in [5.74, 6) is 0. The molecule has 104 valence electrons. The van der Waals surface area contributed by atoms with Gasteiger partial charge in [0.05, 0.1) is 0 Å². The summed E-state index contributed by atoms with van der Waals surface area (Å²) < 4.78 is 17.3. The Kier molecular flexibility index (Phi) is 10.1. The van der Waals surface area contributed by atoms with Gasteiger partial charge in [0.25, 0.3) is 0 Å².